The molecule has 7 heteroatoms. The molecule has 1 atom stereocenters. The van der Waals surface area contributed by atoms with Gasteiger partial charge in [0, 0.05) is 11.3 Å². The molecule has 3 aromatic carbocycles. The van der Waals surface area contributed by atoms with Crippen LogP contribution in [0.4, 0.5) is 5.69 Å². The predicted octanol–water partition coefficient (Wildman–Crippen LogP) is 6.89. The van der Waals surface area contributed by atoms with Gasteiger partial charge in [-0.3, -0.25) is 14.5 Å². The van der Waals surface area contributed by atoms with E-state index in [1.54, 1.807) is 36.4 Å². The van der Waals surface area contributed by atoms with Crippen LogP contribution >= 0.6 is 11.6 Å². The number of ketones is 1. The number of halogens is 1. The summed E-state index contributed by atoms with van der Waals surface area (Å²) in [5.74, 6) is -0.388. The monoisotopic (exact) mass is 519 g/mol. The third kappa shape index (κ3) is 5.20. The SMILES string of the molecule is COc1ccc(/C(O)=C2/C(=O)C(=O)N(c3ccc(C(C)C)cc3)C2c2ccc(OC(C)C)cc2)cc1Cl. The number of nitrogens with zero attached hydrogens (tertiary/aromatic N) is 1. The number of hydrogen-bond donors (Lipinski definition) is 1. The smallest absolute Gasteiger partial charge is 0.300 e. The standard InChI is InChI=1S/C30H30ClNO5/c1-17(2)19-6-11-22(12-7-19)32-27(20-8-13-23(14-9-20)37-18(3)4)26(29(34)30(32)35)28(33)21-10-15-25(36-5)24(31)16-21/h6-18,27,33H,1-5H3/b28-26-. The van der Waals surface area contributed by atoms with E-state index < -0.39 is 17.7 Å². The van der Waals surface area contributed by atoms with Crippen molar-refractivity contribution in [1.29, 1.82) is 0 Å². The number of methoxy groups -OCH3 is 1. The molecule has 37 heavy (non-hydrogen) atoms. The van der Waals surface area contributed by atoms with Crippen molar-refractivity contribution in [2.45, 2.75) is 45.8 Å². The van der Waals surface area contributed by atoms with Gasteiger partial charge in [0.2, 0.25) is 0 Å². The van der Waals surface area contributed by atoms with E-state index in [0.29, 0.717) is 34.2 Å². The molecule has 4 rings (SSSR count). The van der Waals surface area contributed by atoms with Crippen LogP contribution in [-0.4, -0.2) is 30.0 Å². The summed E-state index contributed by atoms with van der Waals surface area (Å²) in [6.07, 6.45) is -0.00391. The molecule has 3 aromatic rings. The van der Waals surface area contributed by atoms with Crippen molar-refractivity contribution < 1.29 is 24.2 Å². The van der Waals surface area contributed by atoms with Crippen molar-refractivity contribution in [2.75, 3.05) is 12.0 Å². The lowest BCUT2D eigenvalue weighted by atomic mass is 9.95. The molecule has 0 radical (unpaired) electrons. The molecule has 1 aliphatic heterocycles. The van der Waals surface area contributed by atoms with Crippen LogP contribution in [0.3, 0.4) is 0 Å². The number of amides is 1. The molecule has 6 nitrogen and oxygen atoms in total. The summed E-state index contributed by atoms with van der Waals surface area (Å²) in [7, 11) is 1.49. The van der Waals surface area contributed by atoms with Crippen LogP contribution < -0.4 is 14.4 Å². The molecule has 1 fully saturated rings. The average Bonchev–Trinajstić information content (AvgIpc) is 3.14. The number of Topliss-reactive ketones (excluding diaryl/α,β-unsaturated/α-hetero) is 1. The molecule has 0 aliphatic carbocycles. The summed E-state index contributed by atoms with van der Waals surface area (Å²) in [4.78, 5) is 28.2. The summed E-state index contributed by atoms with van der Waals surface area (Å²) in [5.41, 5.74) is 2.62. The van der Waals surface area contributed by atoms with E-state index in [1.165, 1.54) is 18.1 Å². The number of carbonyl (C=O) groups excluding carboxylic acids is 2. The third-order valence-corrected chi connectivity index (χ3v) is 6.57. The highest BCUT2D eigenvalue weighted by Crippen LogP contribution is 2.43. The fourth-order valence-corrected chi connectivity index (χ4v) is 4.66. The molecule has 1 heterocycles. The van der Waals surface area contributed by atoms with Gasteiger partial charge in [0.25, 0.3) is 11.7 Å². The molecule has 1 saturated heterocycles. The minimum atomic E-state index is -0.848. The summed E-state index contributed by atoms with van der Waals surface area (Å²) in [6.45, 7) is 8.04. The van der Waals surface area contributed by atoms with Gasteiger partial charge in [0.1, 0.15) is 17.3 Å². The fourth-order valence-electron chi connectivity index (χ4n) is 4.40. The molecule has 0 spiro atoms. The Kier molecular flexibility index (Phi) is 7.60. The second kappa shape index (κ2) is 10.7. The maximum Gasteiger partial charge on any atom is 0.300 e. The van der Waals surface area contributed by atoms with E-state index in [9.17, 15) is 14.7 Å². The van der Waals surface area contributed by atoms with Crippen molar-refractivity contribution in [3.05, 3.63) is 94.0 Å². The van der Waals surface area contributed by atoms with E-state index in [0.717, 1.165) is 5.56 Å². The Balaban J connectivity index is 1.88. The van der Waals surface area contributed by atoms with Gasteiger partial charge in [-0.25, -0.2) is 0 Å². The molecule has 0 bridgehead atoms. The van der Waals surface area contributed by atoms with Gasteiger partial charge in [-0.05, 0) is 73.4 Å². The first-order chi connectivity index (χ1) is 17.6. The van der Waals surface area contributed by atoms with E-state index in [4.69, 9.17) is 21.1 Å². The largest absolute Gasteiger partial charge is 0.507 e. The summed E-state index contributed by atoms with van der Waals surface area (Å²) in [6, 6.07) is 18.6. The quantitative estimate of drug-likeness (QED) is 0.209. The van der Waals surface area contributed by atoms with Gasteiger partial charge in [-0.1, -0.05) is 49.7 Å². The maximum atomic E-state index is 13.4. The van der Waals surface area contributed by atoms with Gasteiger partial charge < -0.3 is 14.6 Å². The normalized spacial score (nSPS) is 17.1. The van der Waals surface area contributed by atoms with Crippen LogP contribution in [0.2, 0.25) is 5.02 Å². The van der Waals surface area contributed by atoms with Crippen LogP contribution in [0, 0.1) is 0 Å². The lowest BCUT2D eigenvalue weighted by molar-refractivity contribution is -0.132. The molecule has 0 saturated carbocycles. The van der Waals surface area contributed by atoms with E-state index in [2.05, 4.69) is 13.8 Å². The molecular weight excluding hydrogens is 490 g/mol. The van der Waals surface area contributed by atoms with Gasteiger partial charge in [-0.15, -0.1) is 0 Å². The Bertz CT molecular complexity index is 1340. The molecule has 1 unspecified atom stereocenters. The van der Waals surface area contributed by atoms with Crippen LogP contribution in [0.15, 0.2) is 72.3 Å². The average molecular weight is 520 g/mol. The first kappa shape index (κ1) is 26.3. The molecule has 192 valence electrons. The van der Waals surface area contributed by atoms with Crippen molar-refractivity contribution >= 4 is 34.7 Å². The van der Waals surface area contributed by atoms with E-state index in [-0.39, 0.29) is 22.5 Å². The fraction of sp³-hybridized carbons (Fsp3) is 0.267. The van der Waals surface area contributed by atoms with Crippen molar-refractivity contribution in [3.8, 4) is 11.5 Å². The van der Waals surface area contributed by atoms with Crippen LogP contribution in [0.5, 0.6) is 11.5 Å². The topological polar surface area (TPSA) is 76.1 Å². The third-order valence-electron chi connectivity index (χ3n) is 6.28. The zero-order valence-electron chi connectivity index (χ0n) is 21.5. The van der Waals surface area contributed by atoms with Crippen molar-refractivity contribution in [3.63, 3.8) is 0 Å². The van der Waals surface area contributed by atoms with Crippen LogP contribution in [0.25, 0.3) is 5.76 Å². The summed E-state index contributed by atoms with van der Waals surface area (Å²) in [5, 5.41) is 11.6. The van der Waals surface area contributed by atoms with E-state index in [1.807, 2.05) is 38.1 Å². The number of aliphatic hydroxyl groups is 1. The summed E-state index contributed by atoms with van der Waals surface area (Å²) >= 11 is 6.29. The van der Waals surface area contributed by atoms with Gasteiger partial charge in [0.05, 0.1) is 29.9 Å². The van der Waals surface area contributed by atoms with Crippen molar-refractivity contribution in [1.82, 2.24) is 0 Å². The van der Waals surface area contributed by atoms with Crippen LogP contribution in [0.1, 0.15) is 56.3 Å². The highest BCUT2D eigenvalue weighted by Gasteiger charge is 2.47. The number of anilines is 1. The molecule has 1 N–H and O–H groups in total. The minimum absolute atomic E-state index is 0.00391. The number of ether oxygens (including phenoxy) is 2. The number of benzene rings is 3. The zero-order valence-corrected chi connectivity index (χ0v) is 22.2. The first-order valence-electron chi connectivity index (χ1n) is 12.1. The van der Waals surface area contributed by atoms with Crippen molar-refractivity contribution in [2.24, 2.45) is 0 Å². The van der Waals surface area contributed by atoms with E-state index >= 15 is 0 Å². The first-order valence-corrected chi connectivity index (χ1v) is 12.5. The molecule has 0 aromatic heterocycles. The van der Waals surface area contributed by atoms with Gasteiger partial charge >= 0.3 is 0 Å². The second-order valence-electron chi connectivity index (χ2n) is 9.50. The lowest BCUT2D eigenvalue weighted by Crippen LogP contribution is -2.29. The molecular formula is C30H30ClNO5. The number of aliphatic hydroxyl groups excluding tert-OH is 1. The number of hydrogen-bond acceptors (Lipinski definition) is 5. The zero-order chi connectivity index (χ0) is 26.9. The Morgan fingerprint density at radius 3 is 2.14 bits per heavy atom. The maximum absolute atomic E-state index is 13.4. The predicted molar refractivity (Wildman–Crippen MR) is 146 cm³/mol. The Morgan fingerprint density at radius 2 is 1.59 bits per heavy atom. The molecule has 1 aliphatic rings. The Morgan fingerprint density at radius 1 is 0.946 bits per heavy atom. The minimum Gasteiger partial charge on any atom is -0.507 e. The Hall–Kier alpha value is -3.77. The second-order valence-corrected chi connectivity index (χ2v) is 9.91. The summed E-state index contributed by atoms with van der Waals surface area (Å²) < 4.78 is 11.0. The van der Waals surface area contributed by atoms with Gasteiger partial charge in [0.15, 0.2) is 0 Å². The highest BCUT2D eigenvalue weighted by atomic mass is 35.5. The van der Waals surface area contributed by atoms with Gasteiger partial charge in [-0.2, -0.15) is 0 Å². The highest BCUT2D eigenvalue weighted by molar-refractivity contribution is 6.51. The van der Waals surface area contributed by atoms with Crippen LogP contribution in [-0.2, 0) is 9.59 Å². The number of rotatable bonds is 7. The molecule has 1 amide bonds. The Labute approximate surface area is 222 Å². The lowest BCUT2D eigenvalue weighted by Gasteiger charge is -2.26. The number of carbonyl (C=O) groups is 2.